The number of methoxy groups -OCH3 is 1. The van der Waals surface area contributed by atoms with Crippen molar-refractivity contribution >= 4 is 17.5 Å². The average molecular weight is 425 g/mol. The van der Waals surface area contributed by atoms with E-state index in [1.165, 1.54) is 7.11 Å². The Hall–Kier alpha value is -3.05. The second-order valence-corrected chi connectivity index (χ2v) is 7.70. The van der Waals surface area contributed by atoms with Crippen molar-refractivity contribution in [3.05, 3.63) is 88.7 Å². The van der Waals surface area contributed by atoms with Crippen LogP contribution in [-0.4, -0.2) is 24.6 Å². The van der Waals surface area contributed by atoms with E-state index in [4.69, 9.17) is 21.1 Å². The monoisotopic (exact) mass is 424 g/mol. The third-order valence-electron chi connectivity index (χ3n) is 4.50. The molecule has 0 aliphatic heterocycles. The van der Waals surface area contributed by atoms with Crippen molar-refractivity contribution in [2.75, 3.05) is 13.7 Å². The van der Waals surface area contributed by atoms with Crippen LogP contribution in [0.1, 0.15) is 41.4 Å². The second-order valence-electron chi connectivity index (χ2n) is 7.29. The van der Waals surface area contributed by atoms with Gasteiger partial charge in [0.15, 0.2) is 11.5 Å². The summed E-state index contributed by atoms with van der Waals surface area (Å²) in [6, 6.07) is 16.5. The van der Waals surface area contributed by atoms with Crippen LogP contribution in [0.4, 0.5) is 0 Å². The molecule has 0 saturated carbocycles. The summed E-state index contributed by atoms with van der Waals surface area (Å²) in [6.45, 7) is 4.59. The van der Waals surface area contributed by atoms with Gasteiger partial charge in [-0.2, -0.15) is 0 Å². The summed E-state index contributed by atoms with van der Waals surface area (Å²) in [5.74, 6) is 0.934. The first kappa shape index (κ1) is 21.7. The quantitative estimate of drug-likeness (QED) is 0.533. The van der Waals surface area contributed by atoms with Crippen molar-refractivity contribution in [3.63, 3.8) is 0 Å². The maximum absolute atomic E-state index is 13.1. The number of carbonyl (C=O) groups excluding carboxylic acids is 1. The molecule has 1 amide bonds. The second kappa shape index (κ2) is 10.1. The zero-order valence-corrected chi connectivity index (χ0v) is 18.0. The highest BCUT2D eigenvalue weighted by Gasteiger charge is 2.21. The maximum atomic E-state index is 13.1. The Morgan fingerprint density at radius 1 is 1.07 bits per heavy atom. The number of amides is 1. The van der Waals surface area contributed by atoms with Crippen LogP contribution in [-0.2, 0) is 0 Å². The summed E-state index contributed by atoms with van der Waals surface area (Å²) in [5.41, 5.74) is 2.29. The molecule has 0 aliphatic carbocycles. The number of carbonyl (C=O) groups is 1. The molecule has 0 bridgehead atoms. The topological polar surface area (TPSA) is 60.5 Å². The largest absolute Gasteiger partial charge is 0.493 e. The molecule has 2 aromatic carbocycles. The first-order valence-electron chi connectivity index (χ1n) is 9.75. The Morgan fingerprint density at radius 3 is 2.37 bits per heavy atom. The fourth-order valence-corrected chi connectivity index (χ4v) is 3.28. The smallest absolute Gasteiger partial charge is 0.252 e. The Bertz CT molecular complexity index is 939. The highest BCUT2D eigenvalue weighted by atomic mass is 35.5. The number of nitrogens with one attached hydrogen (secondary N) is 1. The van der Waals surface area contributed by atoms with Crippen LogP contribution in [0.5, 0.6) is 11.5 Å². The zero-order valence-electron chi connectivity index (χ0n) is 17.3. The van der Waals surface area contributed by atoms with Gasteiger partial charge < -0.3 is 14.8 Å². The van der Waals surface area contributed by atoms with Crippen molar-refractivity contribution < 1.29 is 14.3 Å². The molecule has 1 N–H and O–H groups in total. The summed E-state index contributed by atoms with van der Waals surface area (Å²) in [6.07, 6.45) is 3.41. The Morgan fingerprint density at radius 2 is 1.73 bits per heavy atom. The van der Waals surface area contributed by atoms with Gasteiger partial charge in [0, 0.05) is 18.0 Å². The molecule has 0 spiro atoms. The number of rotatable bonds is 8. The maximum Gasteiger partial charge on any atom is 0.252 e. The van der Waals surface area contributed by atoms with Gasteiger partial charge in [0.25, 0.3) is 5.91 Å². The van der Waals surface area contributed by atoms with Crippen LogP contribution < -0.4 is 14.8 Å². The predicted molar refractivity (Wildman–Crippen MR) is 118 cm³/mol. The molecular weight excluding hydrogens is 400 g/mol. The van der Waals surface area contributed by atoms with Gasteiger partial charge in [0.2, 0.25) is 0 Å². The molecule has 1 unspecified atom stereocenters. The normalized spacial score (nSPS) is 11.8. The van der Waals surface area contributed by atoms with Crippen LogP contribution in [0.3, 0.4) is 0 Å². The minimum absolute atomic E-state index is 0.267. The lowest BCUT2D eigenvalue weighted by molar-refractivity contribution is 0.0942. The molecular formula is C24H25ClN2O3. The zero-order chi connectivity index (χ0) is 21.5. The number of aromatic nitrogens is 1. The molecule has 0 fully saturated rings. The fraction of sp³-hybridized carbons (Fsp3) is 0.250. The van der Waals surface area contributed by atoms with Crippen LogP contribution >= 0.6 is 11.6 Å². The Balaban J connectivity index is 1.90. The highest BCUT2D eigenvalue weighted by molar-refractivity contribution is 6.32. The van der Waals surface area contributed by atoms with Crippen LogP contribution in [0.25, 0.3) is 0 Å². The minimum atomic E-state index is -0.330. The fourth-order valence-electron chi connectivity index (χ4n) is 3.02. The number of hydrogen-bond donors (Lipinski definition) is 1. The number of nitrogens with zero attached hydrogens (tertiary/aromatic N) is 1. The van der Waals surface area contributed by atoms with Gasteiger partial charge >= 0.3 is 0 Å². The van der Waals surface area contributed by atoms with Gasteiger partial charge in [-0.3, -0.25) is 9.78 Å². The van der Waals surface area contributed by atoms with Crippen LogP contribution in [0, 0.1) is 5.92 Å². The SMILES string of the molecule is COc1cc(C(=O)NC(c2ccccc2)c2ccncc2)cc(Cl)c1OCC(C)C. The molecule has 6 heteroatoms. The van der Waals surface area contributed by atoms with Gasteiger partial charge in [0.05, 0.1) is 24.8 Å². The van der Waals surface area contributed by atoms with Crippen molar-refractivity contribution in [3.8, 4) is 11.5 Å². The standard InChI is InChI=1S/C24H25ClN2O3/c1-16(2)15-30-23-20(25)13-19(14-21(23)29-3)24(28)27-22(17-7-5-4-6-8-17)18-9-11-26-12-10-18/h4-14,16,22H,15H2,1-3H3,(H,27,28). The summed E-state index contributed by atoms with van der Waals surface area (Å²) in [5, 5.41) is 3.43. The van der Waals surface area contributed by atoms with Crippen LogP contribution in [0.2, 0.25) is 5.02 Å². The summed E-state index contributed by atoms with van der Waals surface area (Å²) >= 11 is 6.42. The van der Waals surface area contributed by atoms with Crippen molar-refractivity contribution in [1.82, 2.24) is 10.3 Å². The number of benzene rings is 2. The summed E-state index contributed by atoms with van der Waals surface area (Å²) in [4.78, 5) is 17.2. The van der Waals surface area contributed by atoms with Gasteiger partial charge in [-0.15, -0.1) is 0 Å². The molecule has 0 radical (unpaired) electrons. The van der Waals surface area contributed by atoms with Gasteiger partial charge in [0.1, 0.15) is 0 Å². The van der Waals surface area contributed by atoms with Gasteiger partial charge in [-0.25, -0.2) is 0 Å². The van der Waals surface area contributed by atoms with E-state index in [1.54, 1.807) is 24.5 Å². The lowest BCUT2D eigenvalue weighted by Gasteiger charge is -2.20. The lowest BCUT2D eigenvalue weighted by Crippen LogP contribution is -2.29. The Kier molecular flexibility index (Phi) is 7.31. The summed E-state index contributed by atoms with van der Waals surface area (Å²) in [7, 11) is 1.53. The van der Waals surface area contributed by atoms with Crippen LogP contribution in [0.15, 0.2) is 67.0 Å². The molecule has 0 aliphatic rings. The molecule has 1 atom stereocenters. The van der Waals surface area contributed by atoms with Crippen molar-refractivity contribution in [1.29, 1.82) is 0 Å². The molecule has 5 nitrogen and oxygen atoms in total. The van der Waals surface area contributed by atoms with Crippen molar-refractivity contribution in [2.45, 2.75) is 19.9 Å². The van der Waals surface area contributed by atoms with E-state index in [1.807, 2.05) is 56.3 Å². The molecule has 3 aromatic rings. The number of ether oxygens (including phenoxy) is 2. The summed E-state index contributed by atoms with van der Waals surface area (Å²) < 4.78 is 11.2. The van der Waals surface area contributed by atoms with Gasteiger partial charge in [-0.1, -0.05) is 55.8 Å². The number of pyridine rings is 1. The van der Waals surface area contributed by atoms with E-state index in [9.17, 15) is 4.79 Å². The van der Waals surface area contributed by atoms with E-state index >= 15 is 0 Å². The predicted octanol–water partition coefficient (Wildman–Crippen LogP) is 5.30. The van der Waals surface area contributed by atoms with Gasteiger partial charge in [-0.05, 0) is 41.3 Å². The third-order valence-corrected chi connectivity index (χ3v) is 4.78. The molecule has 156 valence electrons. The van der Waals surface area contributed by atoms with E-state index < -0.39 is 0 Å². The minimum Gasteiger partial charge on any atom is -0.493 e. The van der Waals surface area contributed by atoms with Crippen molar-refractivity contribution in [2.24, 2.45) is 5.92 Å². The molecule has 3 rings (SSSR count). The molecule has 0 saturated heterocycles. The number of halogens is 1. The molecule has 1 heterocycles. The Labute approximate surface area is 182 Å². The lowest BCUT2D eigenvalue weighted by atomic mass is 9.99. The first-order valence-corrected chi connectivity index (χ1v) is 10.1. The molecule has 30 heavy (non-hydrogen) atoms. The average Bonchev–Trinajstić information content (AvgIpc) is 2.77. The van der Waals surface area contributed by atoms with E-state index in [-0.39, 0.29) is 11.9 Å². The molecule has 1 aromatic heterocycles. The third kappa shape index (κ3) is 5.30. The van der Waals surface area contributed by atoms with E-state index in [0.717, 1.165) is 11.1 Å². The highest BCUT2D eigenvalue weighted by Crippen LogP contribution is 2.37. The van der Waals surface area contributed by atoms with E-state index in [0.29, 0.717) is 34.6 Å². The van der Waals surface area contributed by atoms with E-state index in [2.05, 4.69) is 10.3 Å². The first-order chi connectivity index (χ1) is 14.5. The number of hydrogen-bond acceptors (Lipinski definition) is 4.